The molecule has 0 saturated heterocycles. The van der Waals surface area contributed by atoms with Crippen LogP contribution in [-0.2, 0) is 22.6 Å². The highest BCUT2D eigenvalue weighted by Crippen LogP contribution is 2.22. The van der Waals surface area contributed by atoms with Crippen molar-refractivity contribution in [2.24, 2.45) is 0 Å². The summed E-state index contributed by atoms with van der Waals surface area (Å²) in [6, 6.07) is 7.13. The number of nitrogens with one attached hydrogen (secondary N) is 1. The number of ether oxygens (including phenoxy) is 1. The van der Waals surface area contributed by atoms with Gasteiger partial charge in [0.25, 0.3) is 5.56 Å². The van der Waals surface area contributed by atoms with E-state index in [2.05, 4.69) is 20.4 Å². The predicted molar refractivity (Wildman–Crippen MR) is 99.2 cm³/mol. The molecule has 0 fully saturated rings. The highest BCUT2D eigenvalue weighted by atomic mass is 16.5. The molecular weight excluding hydrogens is 348 g/mol. The van der Waals surface area contributed by atoms with Gasteiger partial charge in [0.1, 0.15) is 6.33 Å². The van der Waals surface area contributed by atoms with E-state index in [9.17, 15) is 9.59 Å². The van der Waals surface area contributed by atoms with Gasteiger partial charge < -0.3 is 14.2 Å². The predicted octanol–water partition coefficient (Wildman–Crippen LogP) is 0.923. The maximum atomic E-state index is 12.9. The Morgan fingerprint density at radius 3 is 2.81 bits per heavy atom. The van der Waals surface area contributed by atoms with Crippen molar-refractivity contribution in [2.75, 3.05) is 20.8 Å². The molecule has 142 valence electrons. The van der Waals surface area contributed by atoms with Crippen LogP contribution in [0.3, 0.4) is 0 Å². The fourth-order valence-electron chi connectivity index (χ4n) is 2.98. The molecule has 1 amide bonds. The summed E-state index contributed by atoms with van der Waals surface area (Å²) in [6.45, 7) is 3.24. The molecular formula is C18H22N6O3. The average molecular weight is 370 g/mol. The summed E-state index contributed by atoms with van der Waals surface area (Å²) < 4.78 is 6.93. The number of H-pyrrole nitrogens is 1. The second kappa shape index (κ2) is 8.09. The van der Waals surface area contributed by atoms with Crippen molar-refractivity contribution < 1.29 is 9.53 Å². The number of nitrogens with zero attached hydrogens (tertiary/aromatic N) is 5. The number of fused-ring (bicyclic) bond motifs is 1. The summed E-state index contributed by atoms with van der Waals surface area (Å²) in [4.78, 5) is 26.5. The first-order valence-electron chi connectivity index (χ1n) is 8.60. The van der Waals surface area contributed by atoms with Crippen molar-refractivity contribution >= 4 is 16.7 Å². The zero-order valence-electron chi connectivity index (χ0n) is 15.5. The summed E-state index contributed by atoms with van der Waals surface area (Å²) in [6.07, 6.45) is 1.62. The number of amides is 1. The van der Waals surface area contributed by atoms with Gasteiger partial charge in [0, 0.05) is 26.1 Å². The first-order valence-corrected chi connectivity index (χ1v) is 8.60. The number of aromatic amines is 1. The van der Waals surface area contributed by atoms with Crippen molar-refractivity contribution in [2.45, 2.75) is 25.9 Å². The van der Waals surface area contributed by atoms with Crippen molar-refractivity contribution in [3.8, 4) is 0 Å². The highest BCUT2D eigenvalue weighted by Gasteiger charge is 2.24. The number of carbonyl (C=O) groups excluding carboxylic acids is 1. The maximum Gasteiger partial charge on any atom is 0.272 e. The van der Waals surface area contributed by atoms with E-state index in [0.717, 1.165) is 0 Å². The zero-order valence-corrected chi connectivity index (χ0v) is 15.5. The Morgan fingerprint density at radius 2 is 2.07 bits per heavy atom. The molecule has 1 atom stereocenters. The molecule has 0 bridgehead atoms. The van der Waals surface area contributed by atoms with E-state index in [0.29, 0.717) is 42.0 Å². The molecule has 0 unspecified atom stereocenters. The third kappa shape index (κ3) is 3.87. The van der Waals surface area contributed by atoms with Crippen LogP contribution >= 0.6 is 0 Å². The fourth-order valence-corrected chi connectivity index (χ4v) is 2.98. The number of hydrogen-bond donors (Lipinski definition) is 1. The van der Waals surface area contributed by atoms with Crippen LogP contribution in [0.4, 0.5) is 0 Å². The molecule has 0 aliphatic heterocycles. The molecule has 1 aromatic carbocycles. The van der Waals surface area contributed by atoms with Crippen LogP contribution in [0.1, 0.15) is 24.4 Å². The third-order valence-corrected chi connectivity index (χ3v) is 4.49. The minimum absolute atomic E-state index is 0.124. The maximum absolute atomic E-state index is 12.9. The first-order chi connectivity index (χ1) is 13.0. The van der Waals surface area contributed by atoms with Gasteiger partial charge in [0.05, 0.1) is 30.1 Å². The van der Waals surface area contributed by atoms with Crippen LogP contribution in [0.25, 0.3) is 10.8 Å². The van der Waals surface area contributed by atoms with E-state index < -0.39 is 5.92 Å². The molecule has 0 aliphatic rings. The summed E-state index contributed by atoms with van der Waals surface area (Å²) in [5.41, 5.74) is 0.275. The van der Waals surface area contributed by atoms with Gasteiger partial charge >= 0.3 is 0 Å². The van der Waals surface area contributed by atoms with Gasteiger partial charge in [0.15, 0.2) is 5.82 Å². The number of hydrogen-bond acceptors (Lipinski definition) is 6. The zero-order chi connectivity index (χ0) is 19.4. The Kier molecular flexibility index (Phi) is 5.60. The molecule has 3 rings (SSSR count). The molecule has 0 spiro atoms. The van der Waals surface area contributed by atoms with E-state index in [4.69, 9.17) is 4.74 Å². The van der Waals surface area contributed by atoms with Crippen LogP contribution in [0.2, 0.25) is 0 Å². The van der Waals surface area contributed by atoms with Gasteiger partial charge in [-0.15, -0.1) is 10.2 Å². The second-order valence-electron chi connectivity index (χ2n) is 6.33. The van der Waals surface area contributed by atoms with Crippen LogP contribution in [0, 0.1) is 0 Å². The summed E-state index contributed by atoms with van der Waals surface area (Å²) in [5, 5.41) is 15.8. The van der Waals surface area contributed by atoms with Gasteiger partial charge in [0.2, 0.25) is 5.91 Å². The van der Waals surface area contributed by atoms with Gasteiger partial charge in [-0.3, -0.25) is 9.59 Å². The molecule has 9 nitrogen and oxygen atoms in total. The number of methoxy groups -OCH3 is 1. The Bertz CT molecular complexity index is 996. The molecule has 1 N–H and O–H groups in total. The lowest BCUT2D eigenvalue weighted by molar-refractivity contribution is -0.131. The summed E-state index contributed by atoms with van der Waals surface area (Å²) in [7, 11) is 3.34. The van der Waals surface area contributed by atoms with Crippen molar-refractivity contribution in [1.82, 2.24) is 29.9 Å². The van der Waals surface area contributed by atoms with Crippen LogP contribution < -0.4 is 5.56 Å². The largest absolute Gasteiger partial charge is 0.383 e. The lowest BCUT2D eigenvalue weighted by atomic mass is 10.0. The topological polar surface area (TPSA) is 106 Å². The van der Waals surface area contributed by atoms with Crippen molar-refractivity contribution in [3.63, 3.8) is 0 Å². The van der Waals surface area contributed by atoms with E-state index in [-0.39, 0.29) is 11.5 Å². The van der Waals surface area contributed by atoms with Crippen molar-refractivity contribution in [3.05, 3.63) is 52.5 Å². The Hall–Kier alpha value is -3.07. The Balaban J connectivity index is 1.81. The molecule has 3 aromatic rings. The summed E-state index contributed by atoms with van der Waals surface area (Å²) >= 11 is 0. The molecule has 2 aromatic heterocycles. The van der Waals surface area contributed by atoms with E-state index in [1.165, 1.54) is 0 Å². The molecule has 27 heavy (non-hydrogen) atoms. The van der Waals surface area contributed by atoms with E-state index >= 15 is 0 Å². The fraction of sp³-hybridized carbons (Fsp3) is 0.389. The molecule has 2 heterocycles. The Labute approximate surface area is 156 Å². The normalized spacial score (nSPS) is 12.3. The average Bonchev–Trinajstić information content (AvgIpc) is 3.12. The van der Waals surface area contributed by atoms with Crippen molar-refractivity contribution in [1.29, 1.82) is 0 Å². The number of benzene rings is 1. The lowest BCUT2D eigenvalue weighted by Crippen LogP contribution is -2.32. The van der Waals surface area contributed by atoms with Gasteiger partial charge in [-0.05, 0) is 13.0 Å². The quantitative estimate of drug-likeness (QED) is 0.663. The van der Waals surface area contributed by atoms with Crippen LogP contribution in [-0.4, -0.2) is 56.5 Å². The standard InChI is InChI=1S/C18H22N6O3/c1-12(16-13-6-4-5-7-14(13)17(25)22-21-16)18(26)23(2)10-15-20-19-11-24(15)8-9-27-3/h4-7,11-12H,8-10H2,1-3H3,(H,22,25)/t12-/m0/s1. The third-order valence-electron chi connectivity index (χ3n) is 4.49. The Morgan fingerprint density at radius 1 is 1.33 bits per heavy atom. The molecule has 0 aliphatic carbocycles. The number of likely N-dealkylation sites (N-methyl/N-ethyl adjacent to an activating group) is 1. The minimum atomic E-state index is -0.521. The molecule has 0 radical (unpaired) electrons. The molecule has 9 heteroatoms. The minimum Gasteiger partial charge on any atom is -0.383 e. The number of aromatic nitrogens is 5. The SMILES string of the molecule is COCCn1cnnc1CN(C)C(=O)[C@@H](C)c1n[nH]c(=O)c2ccccc12. The highest BCUT2D eigenvalue weighted by molar-refractivity contribution is 5.90. The van der Waals surface area contributed by atoms with Crippen LogP contribution in [0.15, 0.2) is 35.4 Å². The van der Waals surface area contributed by atoms with Gasteiger partial charge in [-0.2, -0.15) is 5.10 Å². The summed E-state index contributed by atoms with van der Waals surface area (Å²) in [5.74, 6) is 0.0301. The smallest absolute Gasteiger partial charge is 0.272 e. The van der Waals surface area contributed by atoms with E-state index in [1.807, 2.05) is 10.6 Å². The van der Waals surface area contributed by atoms with Crippen LogP contribution in [0.5, 0.6) is 0 Å². The van der Waals surface area contributed by atoms with Gasteiger partial charge in [-0.1, -0.05) is 18.2 Å². The number of carbonyl (C=O) groups is 1. The monoisotopic (exact) mass is 370 g/mol. The first kappa shape index (κ1) is 18.7. The van der Waals surface area contributed by atoms with E-state index in [1.54, 1.807) is 50.5 Å². The van der Waals surface area contributed by atoms with Gasteiger partial charge in [-0.25, -0.2) is 5.10 Å². The number of rotatable bonds is 7. The lowest BCUT2D eigenvalue weighted by Gasteiger charge is -2.21. The molecule has 0 saturated carbocycles. The second-order valence-corrected chi connectivity index (χ2v) is 6.33.